The van der Waals surface area contributed by atoms with Crippen molar-refractivity contribution in [3.63, 3.8) is 0 Å². The van der Waals surface area contributed by atoms with Crippen LogP contribution in [0, 0.1) is 16.0 Å². The molecule has 0 saturated carbocycles. The van der Waals surface area contributed by atoms with Crippen molar-refractivity contribution in [3.05, 3.63) is 34.4 Å². The number of sulfonamides is 1. The number of nitrogens with zero attached hydrogens (tertiary/aromatic N) is 1. The van der Waals surface area contributed by atoms with Crippen molar-refractivity contribution in [2.45, 2.75) is 17.7 Å². The summed E-state index contributed by atoms with van der Waals surface area (Å²) in [7, 11) is -3.85. The number of halogens is 1. The first kappa shape index (κ1) is 21.3. The number of nitro benzene ring substituents is 1. The van der Waals surface area contributed by atoms with Crippen molar-refractivity contribution in [1.29, 1.82) is 0 Å². The number of piperidine rings is 1. The second kappa shape index (κ2) is 9.66. The summed E-state index contributed by atoms with van der Waals surface area (Å²) in [4.78, 5) is 21.8. The van der Waals surface area contributed by atoms with Crippen LogP contribution in [-0.2, 0) is 14.8 Å². The third-order valence-corrected chi connectivity index (χ3v) is 5.22. The first-order valence-corrected chi connectivity index (χ1v) is 9.11. The Labute approximate surface area is 152 Å². The van der Waals surface area contributed by atoms with Crippen molar-refractivity contribution in [3.8, 4) is 0 Å². The summed E-state index contributed by atoms with van der Waals surface area (Å²) in [6.07, 6.45) is 1.54. The Balaban J connectivity index is 0.00000312. The van der Waals surface area contributed by atoms with Crippen LogP contribution in [0.4, 0.5) is 5.69 Å². The first-order valence-electron chi connectivity index (χ1n) is 7.63. The number of nitro groups is 1. The molecule has 1 fully saturated rings. The number of amides is 1. The van der Waals surface area contributed by atoms with Gasteiger partial charge in [0.2, 0.25) is 15.9 Å². The normalized spacial score (nSPS) is 15.2. The van der Waals surface area contributed by atoms with Gasteiger partial charge in [0.15, 0.2) is 0 Å². The lowest BCUT2D eigenvalue weighted by Gasteiger charge is -2.21. The maximum Gasteiger partial charge on any atom is 0.270 e. The predicted octanol–water partition coefficient (Wildman–Crippen LogP) is 0.411. The molecule has 9 nitrogen and oxygen atoms in total. The van der Waals surface area contributed by atoms with E-state index in [1.807, 2.05) is 0 Å². The fourth-order valence-corrected chi connectivity index (χ4v) is 3.52. The maximum absolute atomic E-state index is 12.1. The van der Waals surface area contributed by atoms with Crippen LogP contribution in [0.2, 0.25) is 0 Å². The molecule has 0 unspecified atom stereocenters. The lowest BCUT2D eigenvalue weighted by atomic mass is 9.97. The van der Waals surface area contributed by atoms with Crippen molar-refractivity contribution < 1.29 is 18.1 Å². The zero-order valence-electron chi connectivity index (χ0n) is 13.4. The van der Waals surface area contributed by atoms with Gasteiger partial charge in [0.1, 0.15) is 0 Å². The minimum atomic E-state index is -3.85. The van der Waals surface area contributed by atoms with Gasteiger partial charge in [-0.3, -0.25) is 14.9 Å². The van der Waals surface area contributed by atoms with Gasteiger partial charge in [-0.05, 0) is 32.0 Å². The average molecular weight is 393 g/mol. The molecule has 0 spiro atoms. The molecule has 1 amide bonds. The summed E-state index contributed by atoms with van der Waals surface area (Å²) in [6, 6.07) is 4.81. The van der Waals surface area contributed by atoms with Crippen molar-refractivity contribution >= 4 is 34.0 Å². The van der Waals surface area contributed by atoms with Crippen LogP contribution < -0.4 is 15.4 Å². The Hall–Kier alpha value is -1.75. The molecule has 0 radical (unpaired) electrons. The van der Waals surface area contributed by atoms with E-state index in [9.17, 15) is 23.3 Å². The SMILES string of the molecule is Cl.O=C(NCCNS(=O)(=O)c1cccc([N+](=O)[O-])c1)C1CCNCC1. The van der Waals surface area contributed by atoms with Gasteiger partial charge in [-0.2, -0.15) is 0 Å². The van der Waals surface area contributed by atoms with Crippen LogP contribution in [0.3, 0.4) is 0 Å². The lowest BCUT2D eigenvalue weighted by Crippen LogP contribution is -2.41. The topological polar surface area (TPSA) is 130 Å². The van der Waals surface area contributed by atoms with Gasteiger partial charge in [-0.25, -0.2) is 13.1 Å². The van der Waals surface area contributed by atoms with Crippen molar-refractivity contribution in [1.82, 2.24) is 15.4 Å². The molecule has 2 rings (SSSR count). The second-order valence-electron chi connectivity index (χ2n) is 5.47. The molecule has 25 heavy (non-hydrogen) atoms. The molecule has 140 valence electrons. The maximum atomic E-state index is 12.1. The van der Waals surface area contributed by atoms with Crippen molar-refractivity contribution in [2.75, 3.05) is 26.2 Å². The summed E-state index contributed by atoms with van der Waals surface area (Å²) in [5, 5.41) is 16.6. The highest BCUT2D eigenvalue weighted by Gasteiger charge is 2.21. The Morgan fingerprint density at radius 2 is 1.96 bits per heavy atom. The van der Waals surface area contributed by atoms with Gasteiger partial charge in [0, 0.05) is 31.1 Å². The van der Waals surface area contributed by atoms with Gasteiger partial charge < -0.3 is 10.6 Å². The van der Waals surface area contributed by atoms with E-state index in [1.54, 1.807) is 0 Å². The standard InChI is InChI=1S/C14H20N4O5S.ClH/c19-14(11-4-6-15-7-5-11)16-8-9-17-24(22,23)13-3-1-2-12(10-13)18(20)21;/h1-3,10-11,15,17H,4-9H2,(H,16,19);1H. The van der Waals surface area contributed by atoms with E-state index in [0.717, 1.165) is 32.0 Å². The Bertz CT molecular complexity index is 707. The Kier molecular flexibility index (Phi) is 8.23. The van der Waals surface area contributed by atoms with Crippen LogP contribution in [0.5, 0.6) is 0 Å². The van der Waals surface area contributed by atoms with E-state index in [-0.39, 0.29) is 47.9 Å². The highest BCUT2D eigenvalue weighted by Crippen LogP contribution is 2.17. The molecule has 0 bridgehead atoms. The van der Waals surface area contributed by atoms with Gasteiger partial charge >= 0.3 is 0 Å². The van der Waals surface area contributed by atoms with E-state index in [1.165, 1.54) is 18.2 Å². The monoisotopic (exact) mass is 392 g/mol. The minimum Gasteiger partial charge on any atom is -0.355 e. The largest absolute Gasteiger partial charge is 0.355 e. The smallest absolute Gasteiger partial charge is 0.270 e. The van der Waals surface area contributed by atoms with Gasteiger partial charge in [-0.15, -0.1) is 12.4 Å². The second-order valence-corrected chi connectivity index (χ2v) is 7.23. The van der Waals surface area contributed by atoms with Crippen LogP contribution in [0.25, 0.3) is 0 Å². The van der Waals surface area contributed by atoms with E-state index in [2.05, 4.69) is 15.4 Å². The summed E-state index contributed by atoms with van der Waals surface area (Å²) < 4.78 is 26.5. The summed E-state index contributed by atoms with van der Waals surface area (Å²) in [5.41, 5.74) is -0.294. The molecule has 1 aliphatic rings. The van der Waals surface area contributed by atoms with Gasteiger partial charge in [0.25, 0.3) is 5.69 Å². The number of non-ortho nitro benzene ring substituents is 1. The summed E-state index contributed by atoms with van der Waals surface area (Å²) in [6.45, 7) is 1.79. The zero-order valence-corrected chi connectivity index (χ0v) is 15.1. The molecule has 3 N–H and O–H groups in total. The van der Waals surface area contributed by atoms with E-state index < -0.39 is 14.9 Å². The fourth-order valence-electron chi connectivity index (χ4n) is 2.45. The van der Waals surface area contributed by atoms with E-state index >= 15 is 0 Å². The number of hydrogen-bond donors (Lipinski definition) is 3. The summed E-state index contributed by atoms with van der Waals surface area (Å²) in [5.74, 6) is -0.120. The van der Waals surface area contributed by atoms with E-state index in [4.69, 9.17) is 0 Å². The number of hydrogen-bond acceptors (Lipinski definition) is 6. The van der Waals surface area contributed by atoms with Gasteiger partial charge in [0.05, 0.1) is 9.82 Å². The number of carbonyl (C=O) groups is 1. The Morgan fingerprint density at radius 3 is 2.60 bits per heavy atom. The average Bonchev–Trinajstić information content (AvgIpc) is 2.59. The summed E-state index contributed by atoms with van der Waals surface area (Å²) >= 11 is 0. The molecule has 11 heteroatoms. The van der Waals surface area contributed by atoms with Gasteiger partial charge in [-0.1, -0.05) is 6.07 Å². The first-order chi connectivity index (χ1) is 11.4. The Morgan fingerprint density at radius 1 is 1.28 bits per heavy atom. The van der Waals surface area contributed by atoms with Crippen LogP contribution in [0.15, 0.2) is 29.2 Å². The molecule has 1 saturated heterocycles. The quantitative estimate of drug-likeness (QED) is 0.350. The number of benzene rings is 1. The molecular formula is C14H21ClN4O5S. The third-order valence-electron chi connectivity index (χ3n) is 3.76. The van der Waals surface area contributed by atoms with Crippen LogP contribution in [-0.4, -0.2) is 45.4 Å². The highest BCUT2D eigenvalue weighted by atomic mass is 35.5. The molecule has 1 aromatic rings. The fraction of sp³-hybridized carbons (Fsp3) is 0.500. The van der Waals surface area contributed by atoms with E-state index in [0.29, 0.717) is 0 Å². The molecule has 0 atom stereocenters. The number of nitrogens with one attached hydrogen (secondary N) is 3. The lowest BCUT2D eigenvalue weighted by molar-refractivity contribution is -0.385. The molecular weight excluding hydrogens is 372 g/mol. The minimum absolute atomic E-state index is 0. The molecule has 1 aliphatic heterocycles. The van der Waals surface area contributed by atoms with Crippen LogP contribution in [0.1, 0.15) is 12.8 Å². The molecule has 0 aromatic heterocycles. The molecule has 0 aliphatic carbocycles. The zero-order chi connectivity index (χ0) is 17.6. The van der Waals surface area contributed by atoms with Crippen LogP contribution >= 0.6 is 12.4 Å². The molecule has 1 aromatic carbocycles. The highest BCUT2D eigenvalue weighted by molar-refractivity contribution is 7.89. The third kappa shape index (κ3) is 6.24. The van der Waals surface area contributed by atoms with Crippen molar-refractivity contribution in [2.24, 2.45) is 5.92 Å². The predicted molar refractivity (Wildman–Crippen MR) is 94.1 cm³/mol. The number of carbonyl (C=O) groups excluding carboxylic acids is 1. The number of rotatable bonds is 7. The molecule has 1 heterocycles.